The summed E-state index contributed by atoms with van der Waals surface area (Å²) >= 11 is 6.04. The summed E-state index contributed by atoms with van der Waals surface area (Å²) in [6.45, 7) is 0. The molecule has 114 valence electrons. The second-order valence-electron chi connectivity index (χ2n) is 4.49. The predicted molar refractivity (Wildman–Crippen MR) is 78.1 cm³/mol. The van der Waals surface area contributed by atoms with Gasteiger partial charge in [0.1, 0.15) is 5.69 Å². The second kappa shape index (κ2) is 7.00. The molecule has 0 fully saturated rings. The molecule has 2 aromatic rings. The van der Waals surface area contributed by atoms with E-state index in [1.54, 1.807) is 24.3 Å². The van der Waals surface area contributed by atoms with Gasteiger partial charge in [0.15, 0.2) is 0 Å². The summed E-state index contributed by atoms with van der Waals surface area (Å²) in [5.74, 6) is -2.57. The first-order valence-electron chi connectivity index (χ1n) is 6.37. The lowest BCUT2D eigenvalue weighted by molar-refractivity contribution is -0.137. The number of aliphatic carboxylic acids is 1. The molecule has 1 aromatic carbocycles. The zero-order chi connectivity index (χ0) is 16.1. The van der Waals surface area contributed by atoms with E-state index >= 15 is 0 Å². The average molecular weight is 323 g/mol. The molecule has 7 heteroatoms. The monoisotopic (exact) mass is 322 g/mol. The van der Waals surface area contributed by atoms with E-state index in [0.29, 0.717) is 10.6 Å². The molecule has 0 aliphatic heterocycles. The minimum absolute atomic E-state index is 0.137. The number of hydrogen-bond donors (Lipinski definition) is 2. The standard InChI is InChI=1S/C15H12ClFN2O3/c16-10-5-2-1-4-9(10)12(8-14(20)21)19-15(22)11-6-3-7-13(17)18-11/h1-7,12H,8H2,(H,19,22)(H,20,21)/t12-/m1/s1. The number of carboxylic acids is 1. The topological polar surface area (TPSA) is 79.3 Å². The number of nitrogens with zero attached hydrogens (tertiary/aromatic N) is 1. The van der Waals surface area contributed by atoms with Crippen molar-refractivity contribution in [2.75, 3.05) is 0 Å². The molecule has 0 spiro atoms. The maximum atomic E-state index is 13.1. The van der Waals surface area contributed by atoms with Crippen LogP contribution in [-0.2, 0) is 4.79 Å². The number of hydrogen-bond acceptors (Lipinski definition) is 3. The van der Waals surface area contributed by atoms with E-state index in [2.05, 4.69) is 10.3 Å². The number of carbonyl (C=O) groups is 2. The van der Waals surface area contributed by atoms with Crippen molar-refractivity contribution in [3.63, 3.8) is 0 Å². The van der Waals surface area contributed by atoms with Gasteiger partial charge in [0.2, 0.25) is 5.95 Å². The summed E-state index contributed by atoms with van der Waals surface area (Å²) in [6.07, 6.45) is -0.356. The maximum Gasteiger partial charge on any atom is 0.305 e. The number of amides is 1. The van der Waals surface area contributed by atoms with Crippen LogP contribution >= 0.6 is 11.6 Å². The summed E-state index contributed by atoms with van der Waals surface area (Å²) in [5.41, 5.74) is 0.332. The number of rotatable bonds is 5. The van der Waals surface area contributed by atoms with E-state index in [0.717, 1.165) is 6.07 Å². The van der Waals surface area contributed by atoms with Gasteiger partial charge in [-0.25, -0.2) is 4.98 Å². The molecular formula is C15H12ClFN2O3. The maximum absolute atomic E-state index is 13.1. The Morgan fingerprint density at radius 2 is 1.95 bits per heavy atom. The third kappa shape index (κ3) is 4.02. The third-order valence-corrected chi connectivity index (χ3v) is 3.26. The molecule has 22 heavy (non-hydrogen) atoms. The van der Waals surface area contributed by atoms with Gasteiger partial charge in [-0.1, -0.05) is 35.9 Å². The predicted octanol–water partition coefficient (Wildman–Crippen LogP) is 2.82. The molecule has 0 aliphatic rings. The van der Waals surface area contributed by atoms with Gasteiger partial charge in [0, 0.05) is 5.02 Å². The zero-order valence-electron chi connectivity index (χ0n) is 11.3. The van der Waals surface area contributed by atoms with Crippen LogP contribution in [0.25, 0.3) is 0 Å². The number of nitrogens with one attached hydrogen (secondary N) is 1. The van der Waals surface area contributed by atoms with Crippen molar-refractivity contribution in [3.8, 4) is 0 Å². The molecule has 0 aliphatic carbocycles. The highest BCUT2D eigenvalue weighted by Crippen LogP contribution is 2.25. The fraction of sp³-hybridized carbons (Fsp3) is 0.133. The van der Waals surface area contributed by atoms with Crippen LogP contribution in [0.5, 0.6) is 0 Å². The van der Waals surface area contributed by atoms with E-state index in [4.69, 9.17) is 16.7 Å². The Kier molecular flexibility index (Phi) is 5.06. The molecule has 1 amide bonds. The van der Waals surface area contributed by atoms with Crippen LogP contribution < -0.4 is 5.32 Å². The van der Waals surface area contributed by atoms with Gasteiger partial charge in [0.25, 0.3) is 5.91 Å². The van der Waals surface area contributed by atoms with Crippen molar-refractivity contribution >= 4 is 23.5 Å². The molecule has 0 unspecified atom stereocenters. The summed E-state index contributed by atoms with van der Waals surface area (Å²) in [6, 6.07) is 9.54. The van der Waals surface area contributed by atoms with Gasteiger partial charge < -0.3 is 10.4 Å². The first-order chi connectivity index (χ1) is 10.5. The fourth-order valence-corrected chi connectivity index (χ4v) is 2.21. The van der Waals surface area contributed by atoms with Crippen molar-refractivity contribution < 1.29 is 19.1 Å². The summed E-state index contributed by atoms with van der Waals surface area (Å²) < 4.78 is 13.1. The lowest BCUT2D eigenvalue weighted by atomic mass is 10.0. The molecule has 5 nitrogen and oxygen atoms in total. The van der Waals surface area contributed by atoms with Crippen molar-refractivity contribution in [1.29, 1.82) is 0 Å². The Morgan fingerprint density at radius 1 is 1.23 bits per heavy atom. The molecule has 1 heterocycles. The highest BCUT2D eigenvalue weighted by atomic mass is 35.5. The van der Waals surface area contributed by atoms with Gasteiger partial charge in [-0.3, -0.25) is 9.59 Å². The Bertz CT molecular complexity index is 709. The number of carbonyl (C=O) groups excluding carboxylic acids is 1. The van der Waals surface area contributed by atoms with Gasteiger partial charge in [-0.05, 0) is 23.8 Å². The molecular weight excluding hydrogens is 311 g/mol. The van der Waals surface area contributed by atoms with Crippen molar-refractivity contribution in [2.45, 2.75) is 12.5 Å². The fourth-order valence-electron chi connectivity index (χ4n) is 1.94. The van der Waals surface area contributed by atoms with E-state index in [-0.39, 0.29) is 12.1 Å². The van der Waals surface area contributed by atoms with Crippen LogP contribution in [0.4, 0.5) is 4.39 Å². The lowest BCUT2D eigenvalue weighted by Gasteiger charge is -2.18. The Balaban J connectivity index is 2.25. The van der Waals surface area contributed by atoms with E-state index in [1.807, 2.05) is 0 Å². The molecule has 0 saturated carbocycles. The molecule has 0 saturated heterocycles. The molecule has 2 rings (SSSR count). The number of carboxylic acid groups (broad SMARTS) is 1. The summed E-state index contributed by atoms with van der Waals surface area (Å²) in [4.78, 5) is 26.6. The molecule has 2 N–H and O–H groups in total. The zero-order valence-corrected chi connectivity index (χ0v) is 12.0. The van der Waals surface area contributed by atoms with Crippen LogP contribution in [-0.4, -0.2) is 22.0 Å². The van der Waals surface area contributed by atoms with Crippen molar-refractivity contribution in [3.05, 3.63) is 64.7 Å². The van der Waals surface area contributed by atoms with Crippen LogP contribution in [0.15, 0.2) is 42.5 Å². The molecule has 0 bridgehead atoms. The number of halogens is 2. The summed E-state index contributed by atoms with van der Waals surface area (Å²) in [7, 11) is 0. The van der Waals surface area contributed by atoms with E-state index in [1.165, 1.54) is 12.1 Å². The second-order valence-corrected chi connectivity index (χ2v) is 4.90. The van der Waals surface area contributed by atoms with Crippen LogP contribution in [0, 0.1) is 5.95 Å². The van der Waals surface area contributed by atoms with Gasteiger partial charge in [-0.15, -0.1) is 0 Å². The largest absolute Gasteiger partial charge is 0.481 e. The first-order valence-corrected chi connectivity index (χ1v) is 6.75. The van der Waals surface area contributed by atoms with Crippen LogP contribution in [0.3, 0.4) is 0 Å². The van der Waals surface area contributed by atoms with Crippen molar-refractivity contribution in [1.82, 2.24) is 10.3 Å². The Labute approximate surface area is 130 Å². The number of aromatic nitrogens is 1. The smallest absolute Gasteiger partial charge is 0.305 e. The number of pyridine rings is 1. The minimum Gasteiger partial charge on any atom is -0.481 e. The van der Waals surface area contributed by atoms with Crippen LogP contribution in [0.2, 0.25) is 5.02 Å². The van der Waals surface area contributed by atoms with Gasteiger partial charge >= 0.3 is 5.97 Å². The number of benzene rings is 1. The van der Waals surface area contributed by atoms with E-state index in [9.17, 15) is 14.0 Å². The molecule has 1 aromatic heterocycles. The summed E-state index contributed by atoms with van der Waals surface area (Å²) in [5, 5.41) is 11.8. The third-order valence-electron chi connectivity index (χ3n) is 2.91. The normalized spacial score (nSPS) is 11.7. The molecule has 1 atom stereocenters. The lowest BCUT2D eigenvalue weighted by Crippen LogP contribution is -2.31. The molecule has 0 radical (unpaired) electrons. The van der Waals surface area contributed by atoms with Gasteiger partial charge in [-0.2, -0.15) is 4.39 Å². The van der Waals surface area contributed by atoms with E-state index < -0.39 is 23.9 Å². The van der Waals surface area contributed by atoms with Crippen LogP contribution in [0.1, 0.15) is 28.5 Å². The SMILES string of the molecule is O=C(O)C[C@@H](NC(=O)c1cccc(F)n1)c1ccccc1Cl. The Morgan fingerprint density at radius 3 is 2.59 bits per heavy atom. The quantitative estimate of drug-likeness (QED) is 0.830. The van der Waals surface area contributed by atoms with Crippen molar-refractivity contribution in [2.24, 2.45) is 0 Å². The highest BCUT2D eigenvalue weighted by molar-refractivity contribution is 6.31. The average Bonchev–Trinajstić information content (AvgIpc) is 2.46. The first kappa shape index (κ1) is 15.9. The highest BCUT2D eigenvalue weighted by Gasteiger charge is 2.21. The Hall–Kier alpha value is -2.47. The van der Waals surface area contributed by atoms with Gasteiger partial charge in [0.05, 0.1) is 12.5 Å². The minimum atomic E-state index is -1.10.